The molecular formula is C20H30N2O3. The second-order valence-corrected chi connectivity index (χ2v) is 7.46. The average Bonchev–Trinajstić information content (AvgIpc) is 2.83. The van der Waals surface area contributed by atoms with E-state index < -0.39 is 0 Å². The Labute approximate surface area is 150 Å². The fourth-order valence-corrected chi connectivity index (χ4v) is 3.66. The van der Waals surface area contributed by atoms with E-state index in [1.807, 2.05) is 25.1 Å². The third-order valence-electron chi connectivity index (χ3n) is 5.56. The van der Waals surface area contributed by atoms with Gasteiger partial charge in [0.25, 0.3) is 0 Å². The summed E-state index contributed by atoms with van der Waals surface area (Å²) in [6, 6.07) is 5.73. The number of benzene rings is 1. The van der Waals surface area contributed by atoms with Gasteiger partial charge in [0.1, 0.15) is 6.04 Å². The van der Waals surface area contributed by atoms with Crippen molar-refractivity contribution in [1.29, 1.82) is 0 Å². The van der Waals surface area contributed by atoms with E-state index in [1.165, 1.54) is 12.8 Å². The minimum atomic E-state index is -0.297. The molecule has 0 aromatic heterocycles. The molecule has 1 heterocycles. The molecular weight excluding hydrogens is 316 g/mol. The molecule has 4 unspecified atom stereocenters. The fourth-order valence-electron chi connectivity index (χ4n) is 3.66. The first kappa shape index (κ1) is 17.9. The highest BCUT2D eigenvalue weighted by Crippen LogP contribution is 2.33. The predicted octanol–water partition coefficient (Wildman–Crippen LogP) is 3.59. The van der Waals surface area contributed by atoms with Crippen LogP contribution < -0.4 is 20.1 Å². The van der Waals surface area contributed by atoms with Gasteiger partial charge in [-0.1, -0.05) is 26.7 Å². The van der Waals surface area contributed by atoms with E-state index in [-0.39, 0.29) is 18.0 Å². The summed E-state index contributed by atoms with van der Waals surface area (Å²) in [5.41, 5.74) is 0.872. The van der Waals surface area contributed by atoms with Crippen LogP contribution in [0, 0.1) is 11.8 Å². The summed E-state index contributed by atoms with van der Waals surface area (Å²) in [6.45, 7) is 7.76. The van der Waals surface area contributed by atoms with Crippen molar-refractivity contribution in [2.45, 2.75) is 58.5 Å². The SMILES string of the molecule is CC(Nc1ccc2c(c1)OCCCO2)C(=O)NC1CCCC(C)C1C. The molecule has 0 saturated heterocycles. The van der Waals surface area contributed by atoms with E-state index in [9.17, 15) is 4.79 Å². The van der Waals surface area contributed by atoms with E-state index in [1.54, 1.807) is 0 Å². The summed E-state index contributed by atoms with van der Waals surface area (Å²) in [5, 5.41) is 6.51. The van der Waals surface area contributed by atoms with Crippen molar-refractivity contribution in [3.63, 3.8) is 0 Å². The quantitative estimate of drug-likeness (QED) is 0.875. The van der Waals surface area contributed by atoms with Gasteiger partial charge >= 0.3 is 0 Å². The zero-order valence-electron chi connectivity index (χ0n) is 15.5. The van der Waals surface area contributed by atoms with E-state index in [2.05, 4.69) is 24.5 Å². The van der Waals surface area contributed by atoms with Crippen molar-refractivity contribution in [3.05, 3.63) is 18.2 Å². The number of nitrogens with one attached hydrogen (secondary N) is 2. The Morgan fingerprint density at radius 1 is 1.12 bits per heavy atom. The van der Waals surface area contributed by atoms with Crippen LogP contribution in [-0.4, -0.2) is 31.2 Å². The molecule has 1 amide bonds. The van der Waals surface area contributed by atoms with Crippen LogP contribution in [-0.2, 0) is 4.79 Å². The molecule has 1 aromatic carbocycles. The molecule has 138 valence electrons. The zero-order valence-corrected chi connectivity index (χ0v) is 15.5. The monoisotopic (exact) mass is 346 g/mol. The van der Waals surface area contributed by atoms with Gasteiger partial charge in [0, 0.05) is 24.2 Å². The van der Waals surface area contributed by atoms with Crippen molar-refractivity contribution >= 4 is 11.6 Å². The fraction of sp³-hybridized carbons (Fsp3) is 0.650. The Kier molecular flexibility index (Phi) is 5.71. The Hall–Kier alpha value is -1.91. The molecule has 2 aliphatic rings. The first-order valence-corrected chi connectivity index (χ1v) is 9.51. The summed E-state index contributed by atoms with van der Waals surface area (Å²) >= 11 is 0. The minimum Gasteiger partial charge on any atom is -0.490 e. The summed E-state index contributed by atoms with van der Waals surface area (Å²) in [7, 11) is 0. The smallest absolute Gasteiger partial charge is 0.242 e. The number of anilines is 1. The lowest BCUT2D eigenvalue weighted by Crippen LogP contribution is -2.48. The molecule has 1 aromatic rings. The maximum absolute atomic E-state index is 12.6. The number of hydrogen-bond acceptors (Lipinski definition) is 4. The number of carbonyl (C=O) groups excluding carboxylic acids is 1. The summed E-state index contributed by atoms with van der Waals surface area (Å²) in [4.78, 5) is 12.6. The standard InChI is InChI=1S/C20H30N2O3/c1-13-6-4-7-17(14(13)2)22-20(23)15(3)21-16-8-9-18-19(12-16)25-11-5-10-24-18/h8-9,12-15,17,21H,4-7,10-11H2,1-3H3,(H,22,23). The molecule has 0 bridgehead atoms. The van der Waals surface area contributed by atoms with Crippen LogP contribution >= 0.6 is 0 Å². The summed E-state index contributed by atoms with van der Waals surface area (Å²) < 4.78 is 11.4. The lowest BCUT2D eigenvalue weighted by Gasteiger charge is -2.35. The van der Waals surface area contributed by atoms with E-state index in [0.717, 1.165) is 30.0 Å². The Bertz CT molecular complexity index is 605. The van der Waals surface area contributed by atoms with E-state index >= 15 is 0 Å². The minimum absolute atomic E-state index is 0.0538. The summed E-state index contributed by atoms with van der Waals surface area (Å²) in [5.74, 6) is 2.76. The van der Waals surface area contributed by atoms with Crippen LogP contribution in [0.2, 0.25) is 0 Å². The number of amides is 1. The van der Waals surface area contributed by atoms with Crippen molar-refractivity contribution in [2.24, 2.45) is 11.8 Å². The van der Waals surface area contributed by atoms with Gasteiger partial charge in [0.15, 0.2) is 11.5 Å². The third kappa shape index (κ3) is 4.39. The van der Waals surface area contributed by atoms with Crippen molar-refractivity contribution < 1.29 is 14.3 Å². The highest BCUT2D eigenvalue weighted by Gasteiger charge is 2.29. The van der Waals surface area contributed by atoms with Gasteiger partial charge in [-0.25, -0.2) is 0 Å². The van der Waals surface area contributed by atoms with Gasteiger partial charge in [-0.3, -0.25) is 4.79 Å². The molecule has 2 N–H and O–H groups in total. The highest BCUT2D eigenvalue weighted by atomic mass is 16.5. The zero-order chi connectivity index (χ0) is 17.8. The first-order valence-electron chi connectivity index (χ1n) is 9.51. The van der Waals surface area contributed by atoms with Gasteiger partial charge in [-0.05, 0) is 37.3 Å². The Morgan fingerprint density at radius 2 is 1.88 bits per heavy atom. The molecule has 1 aliphatic carbocycles. The second kappa shape index (κ2) is 7.98. The number of fused-ring (bicyclic) bond motifs is 1. The maximum atomic E-state index is 12.6. The van der Waals surface area contributed by atoms with E-state index in [4.69, 9.17) is 9.47 Å². The molecule has 25 heavy (non-hydrogen) atoms. The van der Waals surface area contributed by atoms with Gasteiger partial charge in [0.05, 0.1) is 13.2 Å². The van der Waals surface area contributed by atoms with Crippen LogP contribution in [0.15, 0.2) is 18.2 Å². The van der Waals surface area contributed by atoms with Gasteiger partial charge in [0.2, 0.25) is 5.91 Å². The van der Waals surface area contributed by atoms with E-state index in [0.29, 0.717) is 25.0 Å². The third-order valence-corrected chi connectivity index (χ3v) is 5.56. The van der Waals surface area contributed by atoms with Crippen LogP contribution in [0.4, 0.5) is 5.69 Å². The van der Waals surface area contributed by atoms with Gasteiger partial charge < -0.3 is 20.1 Å². The van der Waals surface area contributed by atoms with Gasteiger partial charge in [-0.15, -0.1) is 0 Å². The topological polar surface area (TPSA) is 59.6 Å². The molecule has 5 nitrogen and oxygen atoms in total. The highest BCUT2D eigenvalue weighted by molar-refractivity contribution is 5.84. The number of hydrogen-bond donors (Lipinski definition) is 2. The molecule has 1 aliphatic heterocycles. The van der Waals surface area contributed by atoms with Crippen LogP contribution in [0.3, 0.4) is 0 Å². The molecule has 1 fully saturated rings. The average molecular weight is 346 g/mol. The largest absolute Gasteiger partial charge is 0.490 e. The number of ether oxygens (including phenoxy) is 2. The molecule has 4 atom stereocenters. The lowest BCUT2D eigenvalue weighted by molar-refractivity contribution is -0.122. The normalized spacial score (nSPS) is 27.1. The molecule has 0 radical (unpaired) electrons. The van der Waals surface area contributed by atoms with Gasteiger partial charge in [-0.2, -0.15) is 0 Å². The summed E-state index contributed by atoms with van der Waals surface area (Å²) in [6.07, 6.45) is 4.42. The molecule has 1 saturated carbocycles. The Morgan fingerprint density at radius 3 is 2.68 bits per heavy atom. The van der Waals surface area contributed by atoms with Crippen LogP contribution in [0.1, 0.15) is 46.5 Å². The lowest BCUT2D eigenvalue weighted by atomic mass is 9.78. The molecule has 0 spiro atoms. The first-order chi connectivity index (χ1) is 12.0. The predicted molar refractivity (Wildman–Crippen MR) is 99.2 cm³/mol. The maximum Gasteiger partial charge on any atom is 0.242 e. The van der Waals surface area contributed by atoms with Crippen molar-refractivity contribution in [2.75, 3.05) is 18.5 Å². The molecule has 3 rings (SSSR count). The Balaban J connectivity index is 1.59. The van der Waals surface area contributed by atoms with Crippen molar-refractivity contribution in [3.8, 4) is 11.5 Å². The molecule has 5 heteroatoms. The second-order valence-electron chi connectivity index (χ2n) is 7.46. The number of carbonyl (C=O) groups is 1. The van der Waals surface area contributed by atoms with Crippen LogP contribution in [0.5, 0.6) is 11.5 Å². The van der Waals surface area contributed by atoms with Crippen molar-refractivity contribution in [1.82, 2.24) is 5.32 Å². The van der Waals surface area contributed by atoms with Crippen LogP contribution in [0.25, 0.3) is 0 Å². The number of rotatable bonds is 4.